The maximum atomic E-state index is 12.0. The van der Waals surface area contributed by atoms with Crippen LogP contribution in [0.1, 0.15) is 53.4 Å². The van der Waals surface area contributed by atoms with Crippen molar-refractivity contribution in [1.82, 2.24) is 4.90 Å². The Kier molecular flexibility index (Phi) is 3.83. The minimum Gasteiger partial charge on any atom is -0.444 e. The highest BCUT2D eigenvalue weighted by Crippen LogP contribution is 2.42. The van der Waals surface area contributed by atoms with Gasteiger partial charge in [0, 0.05) is 18.6 Å². The van der Waals surface area contributed by atoms with Gasteiger partial charge in [-0.2, -0.15) is 0 Å². The van der Waals surface area contributed by atoms with E-state index in [1.54, 1.807) is 0 Å². The molecule has 2 fully saturated rings. The Morgan fingerprint density at radius 1 is 1.42 bits per heavy atom. The van der Waals surface area contributed by atoms with Crippen molar-refractivity contribution >= 4 is 6.09 Å². The fraction of sp³-hybridized carbons (Fsp3) is 0.933. The summed E-state index contributed by atoms with van der Waals surface area (Å²) in [4.78, 5) is 13.9. The van der Waals surface area contributed by atoms with Gasteiger partial charge in [0.1, 0.15) is 5.60 Å². The average Bonchev–Trinajstić information content (AvgIpc) is 2.97. The molecule has 1 saturated heterocycles. The topological polar surface area (TPSA) is 55.6 Å². The third kappa shape index (κ3) is 4.10. The van der Waals surface area contributed by atoms with Crippen LogP contribution in [0.15, 0.2) is 0 Å². The molecule has 0 aromatic carbocycles. The number of ether oxygens (including phenoxy) is 1. The van der Waals surface area contributed by atoms with E-state index in [2.05, 4.69) is 6.92 Å². The van der Waals surface area contributed by atoms with Gasteiger partial charge in [-0.1, -0.05) is 6.92 Å². The molecule has 0 bridgehead atoms. The predicted octanol–water partition coefficient (Wildman–Crippen LogP) is 2.76. The van der Waals surface area contributed by atoms with Gasteiger partial charge in [-0.3, -0.25) is 0 Å². The summed E-state index contributed by atoms with van der Waals surface area (Å²) in [5.74, 6) is 1.17. The van der Waals surface area contributed by atoms with E-state index in [4.69, 9.17) is 10.5 Å². The quantitative estimate of drug-likeness (QED) is 0.838. The molecule has 110 valence electrons. The fourth-order valence-electron chi connectivity index (χ4n) is 2.88. The molecular formula is C15H28N2O2. The van der Waals surface area contributed by atoms with E-state index >= 15 is 0 Å². The SMILES string of the molecule is CC1CN(C(=O)OC(C)(C)C)CCC1CC1(N)CC1. The van der Waals surface area contributed by atoms with Gasteiger partial charge >= 0.3 is 6.09 Å². The van der Waals surface area contributed by atoms with Crippen molar-refractivity contribution in [2.24, 2.45) is 17.6 Å². The summed E-state index contributed by atoms with van der Waals surface area (Å²) >= 11 is 0. The van der Waals surface area contributed by atoms with Crippen LogP contribution in [0.5, 0.6) is 0 Å². The van der Waals surface area contributed by atoms with Crippen LogP contribution in [0.25, 0.3) is 0 Å². The molecule has 1 heterocycles. The van der Waals surface area contributed by atoms with E-state index in [1.165, 1.54) is 12.8 Å². The summed E-state index contributed by atoms with van der Waals surface area (Å²) in [7, 11) is 0. The van der Waals surface area contributed by atoms with Crippen molar-refractivity contribution in [2.45, 2.75) is 64.5 Å². The number of piperidine rings is 1. The number of hydrogen-bond acceptors (Lipinski definition) is 3. The van der Waals surface area contributed by atoms with Gasteiger partial charge in [-0.15, -0.1) is 0 Å². The summed E-state index contributed by atoms with van der Waals surface area (Å²) in [5.41, 5.74) is 5.92. The van der Waals surface area contributed by atoms with Gasteiger partial charge in [0.15, 0.2) is 0 Å². The molecule has 4 heteroatoms. The zero-order valence-electron chi connectivity index (χ0n) is 12.7. The van der Waals surface area contributed by atoms with Crippen LogP contribution < -0.4 is 5.73 Å². The van der Waals surface area contributed by atoms with Crippen LogP contribution in [-0.4, -0.2) is 35.2 Å². The molecule has 2 aliphatic rings. The number of amides is 1. The van der Waals surface area contributed by atoms with E-state index in [0.717, 1.165) is 25.9 Å². The second kappa shape index (κ2) is 4.97. The lowest BCUT2D eigenvalue weighted by atomic mass is 9.82. The normalized spacial score (nSPS) is 30.1. The molecule has 1 saturated carbocycles. The van der Waals surface area contributed by atoms with Crippen molar-refractivity contribution in [1.29, 1.82) is 0 Å². The number of rotatable bonds is 2. The highest BCUT2D eigenvalue weighted by atomic mass is 16.6. The molecule has 1 aliphatic heterocycles. The first-order valence-corrected chi connectivity index (χ1v) is 7.45. The average molecular weight is 268 g/mol. The minimum absolute atomic E-state index is 0.118. The fourth-order valence-corrected chi connectivity index (χ4v) is 2.88. The number of nitrogens with two attached hydrogens (primary N) is 1. The minimum atomic E-state index is -0.410. The second-order valence-corrected chi connectivity index (χ2v) is 7.52. The maximum Gasteiger partial charge on any atom is 0.410 e. The molecule has 1 amide bonds. The highest BCUT2D eigenvalue weighted by molar-refractivity contribution is 5.68. The van der Waals surface area contributed by atoms with Gasteiger partial charge in [-0.25, -0.2) is 4.79 Å². The van der Waals surface area contributed by atoms with E-state index in [0.29, 0.717) is 11.8 Å². The lowest BCUT2D eigenvalue weighted by Crippen LogP contribution is -2.46. The van der Waals surface area contributed by atoms with Gasteiger partial charge in [0.25, 0.3) is 0 Å². The van der Waals surface area contributed by atoms with Crippen LogP contribution >= 0.6 is 0 Å². The molecule has 0 spiro atoms. The maximum absolute atomic E-state index is 12.0. The lowest BCUT2D eigenvalue weighted by Gasteiger charge is -2.38. The predicted molar refractivity (Wildman–Crippen MR) is 75.8 cm³/mol. The smallest absolute Gasteiger partial charge is 0.410 e. The van der Waals surface area contributed by atoms with Crippen LogP contribution in [0.2, 0.25) is 0 Å². The third-order valence-electron chi connectivity index (χ3n) is 4.30. The standard InChI is InChI=1S/C15H28N2O2/c1-11-10-17(13(18)19-14(2,3)4)8-5-12(11)9-15(16)6-7-15/h11-12H,5-10,16H2,1-4H3. The van der Waals surface area contributed by atoms with Crippen molar-refractivity contribution < 1.29 is 9.53 Å². The third-order valence-corrected chi connectivity index (χ3v) is 4.30. The molecule has 2 rings (SSSR count). The first-order chi connectivity index (χ1) is 8.69. The number of carbonyl (C=O) groups is 1. The molecule has 19 heavy (non-hydrogen) atoms. The first-order valence-electron chi connectivity index (χ1n) is 7.45. The molecule has 2 unspecified atom stereocenters. The summed E-state index contributed by atoms with van der Waals surface area (Å²) in [6.07, 6.45) is 4.35. The Balaban J connectivity index is 1.83. The van der Waals surface area contributed by atoms with Gasteiger partial charge in [-0.05, 0) is 58.3 Å². The van der Waals surface area contributed by atoms with Crippen LogP contribution in [0.4, 0.5) is 4.79 Å². The Bertz CT molecular complexity index is 345. The molecule has 0 radical (unpaired) electrons. The van der Waals surface area contributed by atoms with E-state index in [1.807, 2.05) is 25.7 Å². The van der Waals surface area contributed by atoms with Crippen molar-refractivity contribution in [3.8, 4) is 0 Å². The molecule has 2 N–H and O–H groups in total. The van der Waals surface area contributed by atoms with Crippen LogP contribution in [0, 0.1) is 11.8 Å². The summed E-state index contributed by atoms with van der Waals surface area (Å²) in [6, 6.07) is 0. The lowest BCUT2D eigenvalue weighted by molar-refractivity contribution is 0.0106. The Morgan fingerprint density at radius 2 is 2.05 bits per heavy atom. The monoisotopic (exact) mass is 268 g/mol. The molecule has 2 atom stereocenters. The van der Waals surface area contributed by atoms with Crippen molar-refractivity contribution in [3.05, 3.63) is 0 Å². The van der Waals surface area contributed by atoms with Crippen LogP contribution in [-0.2, 0) is 4.74 Å². The van der Waals surface area contributed by atoms with Crippen molar-refractivity contribution in [3.63, 3.8) is 0 Å². The summed E-state index contributed by atoms with van der Waals surface area (Å²) < 4.78 is 5.44. The highest BCUT2D eigenvalue weighted by Gasteiger charge is 2.42. The van der Waals surface area contributed by atoms with Crippen molar-refractivity contribution in [2.75, 3.05) is 13.1 Å². The van der Waals surface area contributed by atoms with Crippen LogP contribution in [0.3, 0.4) is 0 Å². The molecular weight excluding hydrogens is 240 g/mol. The Morgan fingerprint density at radius 3 is 2.53 bits per heavy atom. The van der Waals surface area contributed by atoms with Gasteiger partial charge in [0.2, 0.25) is 0 Å². The number of likely N-dealkylation sites (tertiary alicyclic amines) is 1. The summed E-state index contributed by atoms with van der Waals surface area (Å²) in [6.45, 7) is 9.56. The van der Waals surface area contributed by atoms with Gasteiger partial charge < -0.3 is 15.4 Å². The number of carbonyl (C=O) groups excluding carboxylic acids is 1. The number of hydrogen-bond donors (Lipinski definition) is 1. The van der Waals surface area contributed by atoms with E-state index < -0.39 is 5.60 Å². The zero-order chi connectivity index (χ0) is 14.3. The Labute approximate surface area is 116 Å². The van der Waals surface area contributed by atoms with E-state index in [-0.39, 0.29) is 11.6 Å². The Hall–Kier alpha value is -0.770. The molecule has 4 nitrogen and oxygen atoms in total. The van der Waals surface area contributed by atoms with E-state index in [9.17, 15) is 4.79 Å². The zero-order valence-corrected chi connectivity index (χ0v) is 12.7. The molecule has 1 aliphatic carbocycles. The largest absolute Gasteiger partial charge is 0.444 e. The summed E-state index contributed by atoms with van der Waals surface area (Å²) in [5, 5.41) is 0. The number of nitrogens with zero attached hydrogens (tertiary/aromatic N) is 1. The second-order valence-electron chi connectivity index (χ2n) is 7.52. The van der Waals surface area contributed by atoms with Gasteiger partial charge in [0.05, 0.1) is 0 Å². The first kappa shape index (κ1) is 14.6. The molecule has 0 aromatic heterocycles. The molecule has 0 aromatic rings.